The van der Waals surface area contributed by atoms with Crippen LogP contribution in [0.5, 0.6) is 0 Å². The van der Waals surface area contributed by atoms with E-state index in [1.807, 2.05) is 11.7 Å². The van der Waals surface area contributed by atoms with Crippen LogP contribution >= 0.6 is 0 Å². The summed E-state index contributed by atoms with van der Waals surface area (Å²) in [5, 5.41) is 15.1. The summed E-state index contributed by atoms with van der Waals surface area (Å²) in [6.07, 6.45) is 2.53. The summed E-state index contributed by atoms with van der Waals surface area (Å²) in [4.78, 5) is 2.36. The lowest BCUT2D eigenvalue weighted by Crippen LogP contribution is -2.46. The highest BCUT2D eigenvalue weighted by Gasteiger charge is 2.21. The number of nitrogens with zero attached hydrogens (tertiary/aromatic N) is 5. The van der Waals surface area contributed by atoms with Crippen molar-refractivity contribution in [3.63, 3.8) is 0 Å². The fraction of sp³-hybridized carbons (Fsp3) is 0.917. The molecule has 0 bridgehead atoms. The standard InChI is InChI=1S/C12H24N6O/c1-3-4-5-18-12(14-15-16-18)10-17-6-7-19-11(9-17)8-13-2/h11,13H,3-10H2,1-2H3. The zero-order valence-corrected chi connectivity index (χ0v) is 11.9. The van der Waals surface area contributed by atoms with Gasteiger partial charge in [-0.15, -0.1) is 5.10 Å². The molecule has 0 saturated carbocycles. The normalized spacial score (nSPS) is 20.8. The number of tetrazole rings is 1. The summed E-state index contributed by atoms with van der Waals surface area (Å²) < 4.78 is 7.62. The third-order valence-corrected chi connectivity index (χ3v) is 3.35. The monoisotopic (exact) mass is 268 g/mol. The molecular weight excluding hydrogens is 244 g/mol. The maximum Gasteiger partial charge on any atom is 0.165 e. The number of hydrogen-bond donors (Lipinski definition) is 1. The second kappa shape index (κ2) is 7.52. The molecule has 1 aromatic heterocycles. The highest BCUT2D eigenvalue weighted by Crippen LogP contribution is 2.08. The maximum absolute atomic E-state index is 5.70. The van der Waals surface area contributed by atoms with Crippen LogP contribution in [0, 0.1) is 0 Å². The molecule has 1 unspecified atom stereocenters. The van der Waals surface area contributed by atoms with E-state index in [9.17, 15) is 0 Å². The molecule has 0 aromatic carbocycles. The largest absolute Gasteiger partial charge is 0.374 e. The lowest BCUT2D eigenvalue weighted by atomic mass is 10.2. The Balaban J connectivity index is 1.87. The van der Waals surface area contributed by atoms with Gasteiger partial charge >= 0.3 is 0 Å². The fourth-order valence-corrected chi connectivity index (χ4v) is 2.29. The average molecular weight is 268 g/mol. The SMILES string of the molecule is CCCCn1nnnc1CN1CCOC(CNC)C1. The number of unbranched alkanes of at least 4 members (excludes halogenated alkanes) is 1. The van der Waals surface area contributed by atoms with E-state index in [4.69, 9.17) is 4.74 Å². The summed E-state index contributed by atoms with van der Waals surface area (Å²) in [5.41, 5.74) is 0. The molecule has 0 spiro atoms. The van der Waals surface area contributed by atoms with Crippen molar-refractivity contribution in [1.29, 1.82) is 0 Å². The Morgan fingerprint density at radius 3 is 3.16 bits per heavy atom. The second-order valence-corrected chi connectivity index (χ2v) is 4.96. The van der Waals surface area contributed by atoms with E-state index in [0.717, 1.165) is 58.0 Å². The van der Waals surface area contributed by atoms with Gasteiger partial charge in [0.2, 0.25) is 0 Å². The number of ether oxygens (including phenoxy) is 1. The lowest BCUT2D eigenvalue weighted by Gasteiger charge is -2.32. The number of hydrogen-bond acceptors (Lipinski definition) is 6. The number of rotatable bonds is 7. The zero-order chi connectivity index (χ0) is 13.5. The van der Waals surface area contributed by atoms with Crippen LogP contribution in [0.25, 0.3) is 0 Å². The van der Waals surface area contributed by atoms with E-state index in [0.29, 0.717) is 0 Å². The maximum atomic E-state index is 5.70. The van der Waals surface area contributed by atoms with Gasteiger partial charge in [-0.3, -0.25) is 4.90 Å². The van der Waals surface area contributed by atoms with E-state index in [-0.39, 0.29) is 6.10 Å². The Hall–Kier alpha value is -1.05. The van der Waals surface area contributed by atoms with Gasteiger partial charge in [0.25, 0.3) is 0 Å². The molecule has 7 nitrogen and oxygen atoms in total. The molecular formula is C12H24N6O. The molecule has 108 valence electrons. The number of likely N-dealkylation sites (N-methyl/N-ethyl adjacent to an activating group) is 1. The number of aromatic nitrogens is 4. The first kappa shape index (κ1) is 14.4. The van der Waals surface area contributed by atoms with Crippen molar-refractivity contribution < 1.29 is 4.74 Å². The van der Waals surface area contributed by atoms with Gasteiger partial charge in [-0.05, 0) is 23.9 Å². The second-order valence-electron chi connectivity index (χ2n) is 4.96. The Morgan fingerprint density at radius 1 is 1.47 bits per heavy atom. The van der Waals surface area contributed by atoms with Crippen molar-refractivity contribution in [1.82, 2.24) is 30.4 Å². The van der Waals surface area contributed by atoms with Crippen molar-refractivity contribution in [2.24, 2.45) is 0 Å². The average Bonchev–Trinajstić information content (AvgIpc) is 2.84. The topological polar surface area (TPSA) is 68.1 Å². The molecule has 1 aromatic rings. The molecule has 1 atom stereocenters. The summed E-state index contributed by atoms with van der Waals surface area (Å²) >= 11 is 0. The molecule has 1 N–H and O–H groups in total. The molecule has 0 radical (unpaired) electrons. The Labute approximate surface area is 114 Å². The summed E-state index contributed by atoms with van der Waals surface area (Å²) in [7, 11) is 1.95. The van der Waals surface area contributed by atoms with Gasteiger partial charge in [0, 0.05) is 26.2 Å². The van der Waals surface area contributed by atoms with E-state index in [2.05, 4.69) is 32.7 Å². The quantitative estimate of drug-likeness (QED) is 0.744. The molecule has 0 amide bonds. The van der Waals surface area contributed by atoms with Crippen molar-refractivity contribution >= 4 is 0 Å². The fourth-order valence-electron chi connectivity index (χ4n) is 2.29. The van der Waals surface area contributed by atoms with Crippen molar-refractivity contribution in [3.05, 3.63) is 5.82 Å². The van der Waals surface area contributed by atoms with Crippen LogP contribution in [0.15, 0.2) is 0 Å². The van der Waals surface area contributed by atoms with Gasteiger partial charge in [-0.25, -0.2) is 4.68 Å². The first-order chi connectivity index (χ1) is 9.33. The minimum Gasteiger partial charge on any atom is -0.374 e. The van der Waals surface area contributed by atoms with E-state index in [1.54, 1.807) is 0 Å². The highest BCUT2D eigenvalue weighted by molar-refractivity contribution is 4.83. The molecule has 7 heteroatoms. The van der Waals surface area contributed by atoms with Gasteiger partial charge in [0.05, 0.1) is 19.3 Å². The number of aryl methyl sites for hydroxylation is 1. The first-order valence-electron chi connectivity index (χ1n) is 7.07. The van der Waals surface area contributed by atoms with Gasteiger partial charge in [0.15, 0.2) is 5.82 Å². The van der Waals surface area contributed by atoms with Gasteiger partial charge in [0.1, 0.15) is 0 Å². The lowest BCUT2D eigenvalue weighted by molar-refractivity contribution is -0.0302. The number of morpholine rings is 1. The third-order valence-electron chi connectivity index (χ3n) is 3.35. The van der Waals surface area contributed by atoms with Crippen molar-refractivity contribution in [3.8, 4) is 0 Å². The van der Waals surface area contributed by atoms with Gasteiger partial charge in [-0.2, -0.15) is 0 Å². The van der Waals surface area contributed by atoms with Gasteiger partial charge in [-0.1, -0.05) is 13.3 Å². The number of nitrogens with one attached hydrogen (secondary N) is 1. The van der Waals surface area contributed by atoms with Crippen LogP contribution < -0.4 is 5.32 Å². The van der Waals surface area contributed by atoms with Crippen LogP contribution in [0.2, 0.25) is 0 Å². The molecule has 1 aliphatic rings. The van der Waals surface area contributed by atoms with Crippen LogP contribution in [0.1, 0.15) is 25.6 Å². The molecule has 1 aliphatic heterocycles. The molecule has 2 rings (SSSR count). The minimum atomic E-state index is 0.263. The van der Waals surface area contributed by atoms with E-state index < -0.39 is 0 Å². The predicted molar refractivity (Wildman–Crippen MR) is 71.7 cm³/mol. The predicted octanol–water partition coefficient (Wildman–Crippen LogP) is -0.107. The van der Waals surface area contributed by atoms with E-state index in [1.165, 1.54) is 0 Å². The third kappa shape index (κ3) is 4.22. The van der Waals surface area contributed by atoms with Crippen LogP contribution in [-0.2, 0) is 17.8 Å². The molecule has 0 aliphatic carbocycles. The Morgan fingerprint density at radius 2 is 2.37 bits per heavy atom. The Bertz CT molecular complexity index is 367. The molecule has 1 fully saturated rings. The van der Waals surface area contributed by atoms with E-state index >= 15 is 0 Å². The molecule has 19 heavy (non-hydrogen) atoms. The first-order valence-corrected chi connectivity index (χ1v) is 7.07. The summed E-state index contributed by atoms with van der Waals surface area (Å²) in [6, 6.07) is 0. The summed E-state index contributed by atoms with van der Waals surface area (Å²) in [5.74, 6) is 0.957. The van der Waals surface area contributed by atoms with Crippen LogP contribution in [0.4, 0.5) is 0 Å². The van der Waals surface area contributed by atoms with Gasteiger partial charge < -0.3 is 10.1 Å². The summed E-state index contributed by atoms with van der Waals surface area (Å²) in [6.45, 7) is 7.43. The molecule has 1 saturated heterocycles. The van der Waals surface area contributed by atoms with Crippen molar-refractivity contribution in [2.45, 2.75) is 39.0 Å². The zero-order valence-electron chi connectivity index (χ0n) is 11.9. The Kier molecular flexibility index (Phi) is 5.68. The smallest absolute Gasteiger partial charge is 0.165 e. The molecule has 2 heterocycles. The van der Waals surface area contributed by atoms with Crippen LogP contribution in [-0.4, -0.2) is 64.5 Å². The van der Waals surface area contributed by atoms with Crippen molar-refractivity contribution in [2.75, 3.05) is 33.3 Å². The van der Waals surface area contributed by atoms with Crippen LogP contribution in [0.3, 0.4) is 0 Å². The minimum absolute atomic E-state index is 0.263. The highest BCUT2D eigenvalue weighted by atomic mass is 16.5.